The van der Waals surface area contributed by atoms with Crippen molar-refractivity contribution < 1.29 is 19.5 Å². The van der Waals surface area contributed by atoms with Gasteiger partial charge in [-0.2, -0.15) is 0 Å². The van der Waals surface area contributed by atoms with Crippen LogP contribution in [-0.4, -0.2) is 22.6 Å². The number of Topliss-reactive ketones (excluding diaryl/α,β-unsaturated/α-hetero) is 1. The summed E-state index contributed by atoms with van der Waals surface area (Å²) in [5.74, 6) is 1.71. The van der Waals surface area contributed by atoms with Crippen molar-refractivity contribution in [2.75, 3.05) is 0 Å². The number of hydrogen-bond acceptors (Lipinski definition) is 3. The van der Waals surface area contributed by atoms with E-state index in [2.05, 4.69) is 27.7 Å². The van der Waals surface area contributed by atoms with Crippen LogP contribution in [0.3, 0.4) is 0 Å². The Hall–Kier alpha value is -1.45. The number of aliphatic carboxylic acids is 1. The molecule has 0 saturated heterocycles. The van der Waals surface area contributed by atoms with Gasteiger partial charge in [0.15, 0.2) is 5.78 Å². The van der Waals surface area contributed by atoms with Crippen molar-refractivity contribution in [3.63, 3.8) is 0 Å². The summed E-state index contributed by atoms with van der Waals surface area (Å²) in [7, 11) is 0. The molecule has 3 aliphatic rings. The van der Waals surface area contributed by atoms with Crippen molar-refractivity contribution in [3.8, 4) is 0 Å². The third-order valence-corrected chi connectivity index (χ3v) is 8.86. The topological polar surface area (TPSA) is 71.4 Å². The quantitative estimate of drug-likeness (QED) is 0.451. The van der Waals surface area contributed by atoms with E-state index < -0.39 is 5.97 Å². The lowest BCUT2D eigenvalue weighted by Crippen LogP contribution is -2.43. The molecule has 0 aliphatic heterocycles. The molecule has 3 aliphatic carbocycles. The first kappa shape index (κ1) is 25.8. The molecule has 0 spiro atoms. The molecule has 1 N–H and O–H groups in total. The summed E-state index contributed by atoms with van der Waals surface area (Å²) < 4.78 is 0. The van der Waals surface area contributed by atoms with Gasteiger partial charge in [0.1, 0.15) is 5.78 Å². The Kier molecular flexibility index (Phi) is 9.09. The Balaban J connectivity index is 0.000000366. The van der Waals surface area contributed by atoms with Gasteiger partial charge < -0.3 is 5.11 Å². The van der Waals surface area contributed by atoms with E-state index in [1.54, 1.807) is 6.92 Å². The molecule has 2 fully saturated rings. The second kappa shape index (κ2) is 10.9. The maximum Gasteiger partial charge on any atom is 0.303 e. The summed E-state index contributed by atoms with van der Waals surface area (Å²) in [5, 5.41) is 8.14. The zero-order chi connectivity index (χ0) is 23.2. The van der Waals surface area contributed by atoms with E-state index in [4.69, 9.17) is 5.11 Å². The van der Waals surface area contributed by atoms with Crippen LogP contribution in [0.1, 0.15) is 112 Å². The highest BCUT2D eigenvalue weighted by Gasteiger charge is 2.53. The van der Waals surface area contributed by atoms with Crippen LogP contribution >= 0.6 is 0 Å². The summed E-state index contributed by atoms with van der Waals surface area (Å²) in [5.41, 5.74) is 1.82. The number of carbonyl (C=O) groups is 3. The summed E-state index contributed by atoms with van der Waals surface area (Å²) in [6.07, 6.45) is 13.9. The summed E-state index contributed by atoms with van der Waals surface area (Å²) in [6.45, 7) is 10.8. The third-order valence-electron chi connectivity index (χ3n) is 8.86. The van der Waals surface area contributed by atoms with Gasteiger partial charge in [-0.15, -0.1) is 0 Å². The molecule has 0 bridgehead atoms. The molecule has 0 radical (unpaired) electrons. The summed E-state index contributed by atoms with van der Waals surface area (Å²) >= 11 is 0. The van der Waals surface area contributed by atoms with E-state index in [9.17, 15) is 14.4 Å². The highest BCUT2D eigenvalue weighted by atomic mass is 16.4. The Morgan fingerprint density at radius 3 is 2.35 bits per heavy atom. The lowest BCUT2D eigenvalue weighted by molar-refractivity contribution is -0.137. The van der Waals surface area contributed by atoms with Gasteiger partial charge in [0, 0.05) is 18.8 Å². The van der Waals surface area contributed by atoms with Crippen LogP contribution in [0.4, 0.5) is 0 Å². The molecular weight excluding hydrogens is 388 g/mol. The van der Waals surface area contributed by atoms with Gasteiger partial charge in [-0.1, -0.05) is 46.1 Å². The van der Waals surface area contributed by atoms with Crippen LogP contribution in [0, 0.1) is 28.6 Å². The Labute approximate surface area is 189 Å². The Morgan fingerprint density at radius 1 is 1.06 bits per heavy atom. The largest absolute Gasteiger partial charge is 0.481 e. The molecule has 3 rings (SSSR count). The maximum absolute atomic E-state index is 12.0. The van der Waals surface area contributed by atoms with Crippen LogP contribution in [0.5, 0.6) is 0 Å². The van der Waals surface area contributed by atoms with E-state index >= 15 is 0 Å². The standard InChI is InChI=1S/C21H32O2.C6H12O2/c1-5-15-13-18(23)9-11-20(15,3)17-8-10-21(4)16(12-17)6-7-19(21)14(2)22;1-2-3-4-5-6(7)8/h13,16-17,19H,5-12H2,1-4H3;2-5H2,1H3,(H,7,8). The van der Waals surface area contributed by atoms with Gasteiger partial charge >= 0.3 is 5.97 Å². The van der Waals surface area contributed by atoms with E-state index in [-0.39, 0.29) is 16.7 Å². The minimum atomic E-state index is -0.682. The average molecular weight is 433 g/mol. The number of hydrogen-bond donors (Lipinski definition) is 1. The lowest BCUT2D eigenvalue weighted by atomic mass is 9.54. The minimum Gasteiger partial charge on any atom is -0.481 e. The number of allylic oxidation sites excluding steroid dienone is 2. The monoisotopic (exact) mass is 432 g/mol. The molecule has 0 heterocycles. The second-order valence-electron chi connectivity index (χ2n) is 10.7. The highest BCUT2D eigenvalue weighted by molar-refractivity contribution is 5.91. The molecule has 0 aromatic heterocycles. The van der Waals surface area contributed by atoms with E-state index in [1.807, 2.05) is 6.08 Å². The maximum atomic E-state index is 12.0. The molecule has 0 aromatic carbocycles. The highest BCUT2D eigenvalue weighted by Crippen LogP contribution is 2.61. The first-order chi connectivity index (χ1) is 14.6. The average Bonchev–Trinajstić information content (AvgIpc) is 3.06. The fraction of sp³-hybridized carbons (Fsp3) is 0.815. The van der Waals surface area contributed by atoms with E-state index in [0.29, 0.717) is 36.2 Å². The minimum absolute atomic E-state index is 0.207. The summed E-state index contributed by atoms with van der Waals surface area (Å²) in [4.78, 5) is 33.8. The molecular formula is C27H44O4. The van der Waals surface area contributed by atoms with Crippen LogP contribution in [0.15, 0.2) is 11.6 Å². The molecule has 0 amide bonds. The van der Waals surface area contributed by atoms with Gasteiger partial charge in [-0.05, 0) is 87.0 Å². The zero-order valence-electron chi connectivity index (χ0n) is 20.5. The smallest absolute Gasteiger partial charge is 0.303 e. The third kappa shape index (κ3) is 5.87. The Morgan fingerprint density at radius 2 is 1.77 bits per heavy atom. The SMILES string of the molecule is CCC1=CC(=O)CCC1(C)C1CCC2(C)C(CCC2C(C)=O)C1.CCCCCC(=O)O. The Bertz CT molecular complexity index is 693. The first-order valence-corrected chi connectivity index (χ1v) is 12.5. The number of unbranched alkanes of at least 4 members (excludes halogenated alkanes) is 2. The first-order valence-electron chi connectivity index (χ1n) is 12.5. The number of ketones is 2. The van der Waals surface area contributed by atoms with Gasteiger partial charge in [-0.25, -0.2) is 0 Å². The van der Waals surface area contributed by atoms with Gasteiger partial charge in [0.25, 0.3) is 0 Å². The van der Waals surface area contributed by atoms with Crippen LogP contribution < -0.4 is 0 Å². The zero-order valence-corrected chi connectivity index (χ0v) is 20.5. The van der Waals surface area contributed by atoms with Crippen molar-refractivity contribution in [2.24, 2.45) is 28.6 Å². The van der Waals surface area contributed by atoms with Crippen molar-refractivity contribution in [1.82, 2.24) is 0 Å². The van der Waals surface area contributed by atoms with Crippen molar-refractivity contribution in [2.45, 2.75) is 112 Å². The fourth-order valence-corrected chi connectivity index (χ4v) is 6.74. The van der Waals surface area contributed by atoms with E-state index in [1.165, 1.54) is 31.3 Å². The van der Waals surface area contributed by atoms with E-state index in [0.717, 1.165) is 38.5 Å². The fourth-order valence-electron chi connectivity index (χ4n) is 6.74. The van der Waals surface area contributed by atoms with Crippen LogP contribution in [0.25, 0.3) is 0 Å². The molecule has 4 heteroatoms. The molecule has 5 unspecified atom stereocenters. The van der Waals surface area contributed by atoms with Gasteiger partial charge in [0.2, 0.25) is 0 Å². The molecule has 176 valence electrons. The molecule has 2 saturated carbocycles. The van der Waals surface area contributed by atoms with Crippen molar-refractivity contribution >= 4 is 17.5 Å². The lowest BCUT2D eigenvalue weighted by Gasteiger charge is -2.50. The predicted molar refractivity (Wildman–Crippen MR) is 125 cm³/mol. The van der Waals surface area contributed by atoms with Gasteiger partial charge in [-0.3, -0.25) is 14.4 Å². The van der Waals surface area contributed by atoms with Gasteiger partial charge in [0.05, 0.1) is 0 Å². The molecule has 4 nitrogen and oxygen atoms in total. The normalized spacial score (nSPS) is 34.9. The number of fused-ring (bicyclic) bond motifs is 1. The molecule has 0 aromatic rings. The molecule has 5 atom stereocenters. The van der Waals surface area contributed by atoms with Crippen LogP contribution in [0.2, 0.25) is 0 Å². The number of carboxylic acids is 1. The van der Waals surface area contributed by atoms with Crippen molar-refractivity contribution in [3.05, 3.63) is 11.6 Å². The number of carbonyl (C=O) groups excluding carboxylic acids is 2. The number of rotatable bonds is 7. The summed E-state index contributed by atoms with van der Waals surface area (Å²) in [6, 6.07) is 0. The second-order valence-corrected chi connectivity index (χ2v) is 10.7. The van der Waals surface area contributed by atoms with Crippen molar-refractivity contribution in [1.29, 1.82) is 0 Å². The number of carboxylic acid groups (broad SMARTS) is 1. The predicted octanol–water partition coefficient (Wildman–Crippen LogP) is 6.76. The van der Waals surface area contributed by atoms with Crippen LogP contribution in [-0.2, 0) is 14.4 Å². The molecule has 31 heavy (non-hydrogen) atoms.